The topological polar surface area (TPSA) is 35.6 Å². The molecule has 0 aliphatic rings. The summed E-state index contributed by atoms with van der Waals surface area (Å²) < 4.78 is 3.94. The second-order valence-corrected chi connectivity index (χ2v) is 4.14. The average molecular weight is 204 g/mol. The summed E-state index contributed by atoms with van der Waals surface area (Å²) >= 11 is 0. The van der Waals surface area contributed by atoms with E-state index >= 15 is 0 Å². The third kappa shape index (κ3) is 1.67. The van der Waals surface area contributed by atoms with Gasteiger partial charge in [-0.25, -0.2) is 9.67 Å². The summed E-state index contributed by atoms with van der Waals surface area (Å²) in [6.45, 7) is 6.35. The van der Waals surface area contributed by atoms with Crippen molar-refractivity contribution >= 4 is 0 Å². The summed E-state index contributed by atoms with van der Waals surface area (Å²) in [6.07, 6.45) is 3.62. The van der Waals surface area contributed by atoms with Crippen LogP contribution in [0.5, 0.6) is 0 Å². The summed E-state index contributed by atoms with van der Waals surface area (Å²) in [5.74, 6) is 1.47. The van der Waals surface area contributed by atoms with Crippen LogP contribution < -0.4 is 0 Å². The lowest BCUT2D eigenvalue weighted by Crippen LogP contribution is -2.07. The van der Waals surface area contributed by atoms with E-state index in [-0.39, 0.29) is 0 Å². The molecule has 0 atom stereocenters. The van der Waals surface area contributed by atoms with Crippen LogP contribution in [0.15, 0.2) is 18.6 Å². The standard InChI is InChI=1S/C11H16N4/c1-8(2)10-5-9(3)13-15(10)11-6-12-7-14(11)4/h5-8H,1-4H3. The lowest BCUT2D eigenvalue weighted by atomic mass is 10.1. The SMILES string of the molecule is Cc1cc(C(C)C)n(-c2cncn2C)n1. The van der Waals surface area contributed by atoms with Crippen LogP contribution in [0, 0.1) is 6.92 Å². The molecule has 0 N–H and O–H groups in total. The lowest BCUT2D eigenvalue weighted by molar-refractivity contribution is 0.691. The number of nitrogens with zero attached hydrogens (tertiary/aromatic N) is 4. The fraction of sp³-hybridized carbons (Fsp3) is 0.455. The van der Waals surface area contributed by atoms with Crippen LogP contribution in [0.3, 0.4) is 0 Å². The maximum Gasteiger partial charge on any atom is 0.153 e. The predicted molar refractivity (Wildman–Crippen MR) is 59.2 cm³/mol. The summed E-state index contributed by atoms with van der Waals surface area (Å²) in [5, 5.41) is 4.49. The zero-order chi connectivity index (χ0) is 11.0. The normalized spacial score (nSPS) is 11.3. The molecule has 0 amide bonds. The molecule has 4 heteroatoms. The van der Waals surface area contributed by atoms with E-state index in [1.54, 1.807) is 6.33 Å². The van der Waals surface area contributed by atoms with Crippen molar-refractivity contribution in [3.05, 3.63) is 30.0 Å². The Morgan fingerprint density at radius 3 is 2.60 bits per heavy atom. The van der Waals surface area contributed by atoms with E-state index in [4.69, 9.17) is 0 Å². The van der Waals surface area contributed by atoms with E-state index in [9.17, 15) is 0 Å². The summed E-state index contributed by atoms with van der Waals surface area (Å²) in [4.78, 5) is 4.11. The van der Waals surface area contributed by atoms with E-state index in [0.29, 0.717) is 5.92 Å². The highest BCUT2D eigenvalue weighted by Gasteiger charge is 2.12. The first kappa shape index (κ1) is 9.96. The van der Waals surface area contributed by atoms with Crippen LogP contribution in [0.1, 0.15) is 31.2 Å². The molecule has 2 heterocycles. The fourth-order valence-electron chi connectivity index (χ4n) is 1.67. The highest BCUT2D eigenvalue weighted by Crippen LogP contribution is 2.19. The molecule has 0 saturated heterocycles. The Morgan fingerprint density at radius 1 is 1.33 bits per heavy atom. The number of aryl methyl sites for hydroxylation is 2. The van der Waals surface area contributed by atoms with Gasteiger partial charge in [-0.2, -0.15) is 5.10 Å². The highest BCUT2D eigenvalue weighted by molar-refractivity contribution is 5.26. The third-order valence-electron chi connectivity index (χ3n) is 2.46. The van der Waals surface area contributed by atoms with Gasteiger partial charge >= 0.3 is 0 Å². The average Bonchev–Trinajstić information content (AvgIpc) is 2.71. The molecule has 15 heavy (non-hydrogen) atoms. The summed E-state index contributed by atoms with van der Waals surface area (Å²) in [5.41, 5.74) is 2.26. The first-order chi connectivity index (χ1) is 7.09. The Morgan fingerprint density at radius 2 is 2.07 bits per heavy atom. The second-order valence-electron chi connectivity index (χ2n) is 4.14. The highest BCUT2D eigenvalue weighted by atomic mass is 15.3. The molecule has 2 rings (SSSR count). The van der Waals surface area contributed by atoms with E-state index in [2.05, 4.69) is 30.0 Å². The second kappa shape index (κ2) is 3.53. The molecule has 0 unspecified atom stereocenters. The maximum atomic E-state index is 4.49. The maximum absolute atomic E-state index is 4.49. The van der Waals surface area contributed by atoms with Crippen molar-refractivity contribution in [2.45, 2.75) is 26.7 Å². The quantitative estimate of drug-likeness (QED) is 0.750. The monoisotopic (exact) mass is 204 g/mol. The zero-order valence-corrected chi connectivity index (χ0v) is 9.60. The molecule has 0 radical (unpaired) electrons. The molecular weight excluding hydrogens is 188 g/mol. The molecule has 0 fully saturated rings. The van der Waals surface area contributed by atoms with Gasteiger partial charge in [0.15, 0.2) is 5.82 Å². The molecule has 0 bridgehead atoms. The number of rotatable bonds is 2. The molecule has 0 spiro atoms. The number of hydrogen-bond donors (Lipinski definition) is 0. The van der Waals surface area contributed by atoms with Crippen molar-refractivity contribution in [3.63, 3.8) is 0 Å². The Bertz CT molecular complexity index is 465. The molecular formula is C11H16N4. The predicted octanol–water partition coefficient (Wildman–Crippen LogP) is 2.04. The van der Waals surface area contributed by atoms with Crippen molar-refractivity contribution in [2.24, 2.45) is 7.05 Å². The minimum atomic E-state index is 0.459. The molecule has 0 aromatic carbocycles. The van der Waals surface area contributed by atoms with Gasteiger partial charge in [-0.05, 0) is 18.9 Å². The van der Waals surface area contributed by atoms with Crippen LogP contribution >= 0.6 is 0 Å². The van der Waals surface area contributed by atoms with Crippen molar-refractivity contribution < 1.29 is 0 Å². The van der Waals surface area contributed by atoms with Gasteiger partial charge in [-0.3, -0.25) is 0 Å². The van der Waals surface area contributed by atoms with Gasteiger partial charge in [0.2, 0.25) is 0 Å². The number of hydrogen-bond acceptors (Lipinski definition) is 2. The molecule has 0 saturated carbocycles. The molecule has 2 aromatic rings. The Balaban J connectivity index is 2.57. The van der Waals surface area contributed by atoms with Gasteiger partial charge in [-0.15, -0.1) is 0 Å². The van der Waals surface area contributed by atoms with Crippen molar-refractivity contribution in [2.75, 3.05) is 0 Å². The Kier molecular flexibility index (Phi) is 2.34. The van der Waals surface area contributed by atoms with Gasteiger partial charge < -0.3 is 4.57 Å². The smallest absolute Gasteiger partial charge is 0.153 e. The van der Waals surface area contributed by atoms with Crippen LogP contribution in [0.2, 0.25) is 0 Å². The van der Waals surface area contributed by atoms with E-state index in [0.717, 1.165) is 11.5 Å². The van der Waals surface area contributed by atoms with Gasteiger partial charge in [0.05, 0.1) is 18.2 Å². The van der Waals surface area contributed by atoms with E-state index in [1.165, 1.54) is 5.69 Å². The van der Waals surface area contributed by atoms with Crippen molar-refractivity contribution in [1.82, 2.24) is 19.3 Å². The van der Waals surface area contributed by atoms with Crippen molar-refractivity contribution in [3.8, 4) is 5.82 Å². The molecule has 4 nitrogen and oxygen atoms in total. The largest absolute Gasteiger partial charge is 0.319 e. The van der Waals surface area contributed by atoms with Crippen LogP contribution in [0.4, 0.5) is 0 Å². The number of aromatic nitrogens is 4. The Hall–Kier alpha value is -1.58. The van der Waals surface area contributed by atoms with Crippen LogP contribution in [-0.2, 0) is 7.05 Å². The first-order valence-electron chi connectivity index (χ1n) is 5.13. The van der Waals surface area contributed by atoms with Crippen LogP contribution in [0.25, 0.3) is 5.82 Å². The van der Waals surface area contributed by atoms with E-state index < -0.39 is 0 Å². The summed E-state index contributed by atoms with van der Waals surface area (Å²) in [7, 11) is 1.98. The van der Waals surface area contributed by atoms with E-state index in [1.807, 2.05) is 29.4 Å². The van der Waals surface area contributed by atoms with Gasteiger partial charge in [0.25, 0.3) is 0 Å². The molecule has 2 aromatic heterocycles. The molecule has 0 aliphatic carbocycles. The molecule has 80 valence electrons. The third-order valence-corrected chi connectivity index (χ3v) is 2.46. The fourth-order valence-corrected chi connectivity index (χ4v) is 1.67. The minimum absolute atomic E-state index is 0.459. The lowest BCUT2D eigenvalue weighted by Gasteiger charge is -2.09. The van der Waals surface area contributed by atoms with Gasteiger partial charge in [0.1, 0.15) is 0 Å². The summed E-state index contributed by atoms with van der Waals surface area (Å²) in [6, 6.07) is 2.12. The van der Waals surface area contributed by atoms with Gasteiger partial charge in [-0.1, -0.05) is 13.8 Å². The minimum Gasteiger partial charge on any atom is -0.319 e. The van der Waals surface area contributed by atoms with Crippen LogP contribution in [-0.4, -0.2) is 19.3 Å². The first-order valence-corrected chi connectivity index (χ1v) is 5.13. The van der Waals surface area contributed by atoms with Gasteiger partial charge in [0, 0.05) is 12.7 Å². The molecule has 0 aliphatic heterocycles. The van der Waals surface area contributed by atoms with Crippen molar-refractivity contribution in [1.29, 1.82) is 0 Å². The number of imidazole rings is 1. The Labute approximate surface area is 89.6 Å². The zero-order valence-electron chi connectivity index (χ0n) is 9.60.